The zero-order chi connectivity index (χ0) is 29.1. The Bertz CT molecular complexity index is 1390. The minimum atomic E-state index is -1.15. The van der Waals surface area contributed by atoms with Gasteiger partial charge in [0, 0.05) is 18.5 Å². The molecule has 210 valence electrons. The van der Waals surface area contributed by atoms with Gasteiger partial charge < -0.3 is 23.7 Å². The molecule has 0 atom stereocenters. The predicted octanol–water partition coefficient (Wildman–Crippen LogP) is 6.15. The van der Waals surface area contributed by atoms with Crippen LogP contribution in [0.3, 0.4) is 0 Å². The SMILES string of the molecule is C=C/C=C(\C=C/C)c1nc(CCOc2ccc(CN(CC(=O)O)C(=O)Oc3ccc(OC)cc3C)cc2)c(C)o1. The topological polar surface area (TPSA) is 111 Å². The number of amides is 1. The normalized spacial score (nSPS) is 11.3. The molecule has 0 saturated heterocycles. The standard InChI is InChI=1S/C31H34N2O7/c1-6-8-24(9-7-2)30-32-27(22(4)39-30)16-17-38-25-12-10-23(11-13-25)19-33(20-29(34)35)31(36)40-28-15-14-26(37-5)18-21(28)3/h6-15,18H,1,16-17,19-20H2,2-5H3,(H,34,35)/b9-7-,24-8+. The number of carboxylic acids is 1. The molecule has 3 aromatic rings. The van der Waals surface area contributed by atoms with Crippen molar-refractivity contribution < 1.29 is 33.3 Å². The summed E-state index contributed by atoms with van der Waals surface area (Å²) in [6, 6.07) is 12.1. The van der Waals surface area contributed by atoms with E-state index in [1.165, 1.54) is 0 Å². The number of aromatic nitrogens is 1. The number of ether oxygens (including phenoxy) is 3. The Labute approximate surface area is 234 Å². The van der Waals surface area contributed by atoms with Crippen molar-refractivity contribution in [3.63, 3.8) is 0 Å². The average Bonchev–Trinajstić information content (AvgIpc) is 3.30. The van der Waals surface area contributed by atoms with Gasteiger partial charge in [0.25, 0.3) is 0 Å². The second kappa shape index (κ2) is 14.4. The number of carboxylic acid groups (broad SMARTS) is 1. The van der Waals surface area contributed by atoms with E-state index in [9.17, 15) is 14.7 Å². The van der Waals surface area contributed by atoms with Crippen LogP contribution >= 0.6 is 0 Å². The molecule has 1 heterocycles. The molecule has 0 unspecified atom stereocenters. The molecule has 0 bridgehead atoms. The fraction of sp³-hybridized carbons (Fsp3) is 0.258. The Morgan fingerprint density at radius 2 is 1.85 bits per heavy atom. The van der Waals surface area contributed by atoms with E-state index in [2.05, 4.69) is 11.6 Å². The van der Waals surface area contributed by atoms with Gasteiger partial charge in [0.15, 0.2) is 0 Å². The second-order valence-electron chi connectivity index (χ2n) is 8.87. The van der Waals surface area contributed by atoms with Crippen LogP contribution in [0, 0.1) is 13.8 Å². The zero-order valence-corrected chi connectivity index (χ0v) is 23.2. The molecule has 0 radical (unpaired) electrons. The first-order valence-corrected chi connectivity index (χ1v) is 12.7. The van der Waals surface area contributed by atoms with Crippen LogP contribution in [0.25, 0.3) is 5.57 Å². The Morgan fingerprint density at radius 1 is 1.12 bits per heavy atom. The maximum absolute atomic E-state index is 12.8. The number of aliphatic carboxylic acids is 1. The van der Waals surface area contributed by atoms with Gasteiger partial charge in [0.1, 0.15) is 29.6 Å². The van der Waals surface area contributed by atoms with E-state index in [0.717, 1.165) is 27.5 Å². The third kappa shape index (κ3) is 8.36. The number of carbonyl (C=O) groups excluding carboxylic acids is 1. The number of oxazole rings is 1. The molecule has 0 fully saturated rings. The van der Waals surface area contributed by atoms with E-state index in [1.807, 2.05) is 32.1 Å². The quantitative estimate of drug-likeness (QED) is 0.254. The highest BCUT2D eigenvalue weighted by atomic mass is 16.6. The van der Waals surface area contributed by atoms with Crippen molar-refractivity contribution in [3.8, 4) is 17.2 Å². The van der Waals surface area contributed by atoms with Crippen molar-refractivity contribution in [1.29, 1.82) is 0 Å². The van der Waals surface area contributed by atoms with Crippen molar-refractivity contribution in [2.24, 2.45) is 0 Å². The molecule has 9 nitrogen and oxygen atoms in total. The van der Waals surface area contributed by atoms with Gasteiger partial charge in [0.2, 0.25) is 5.89 Å². The summed E-state index contributed by atoms with van der Waals surface area (Å²) in [7, 11) is 1.54. The van der Waals surface area contributed by atoms with Gasteiger partial charge >= 0.3 is 12.1 Å². The molecule has 1 N–H and O–H groups in total. The third-order valence-electron chi connectivity index (χ3n) is 5.85. The summed E-state index contributed by atoms with van der Waals surface area (Å²) in [5.74, 6) is 1.70. The molecule has 0 aliphatic rings. The van der Waals surface area contributed by atoms with Crippen LogP contribution in [-0.4, -0.2) is 47.3 Å². The van der Waals surface area contributed by atoms with Crippen LogP contribution in [0.1, 0.15) is 35.4 Å². The lowest BCUT2D eigenvalue weighted by Crippen LogP contribution is -2.37. The molecule has 1 aromatic heterocycles. The van der Waals surface area contributed by atoms with Crippen molar-refractivity contribution in [2.75, 3.05) is 20.3 Å². The van der Waals surface area contributed by atoms with E-state index in [-0.39, 0.29) is 6.54 Å². The summed E-state index contributed by atoms with van der Waals surface area (Å²) in [6.45, 7) is 9.22. The summed E-state index contributed by atoms with van der Waals surface area (Å²) >= 11 is 0. The molecule has 0 aliphatic heterocycles. The van der Waals surface area contributed by atoms with Gasteiger partial charge in [-0.3, -0.25) is 9.69 Å². The molecule has 40 heavy (non-hydrogen) atoms. The molecular formula is C31H34N2O7. The number of carbonyl (C=O) groups is 2. The van der Waals surface area contributed by atoms with E-state index in [4.69, 9.17) is 18.6 Å². The lowest BCUT2D eigenvalue weighted by atomic mass is 10.2. The number of hydrogen-bond donors (Lipinski definition) is 1. The molecule has 0 saturated carbocycles. The van der Waals surface area contributed by atoms with Gasteiger partial charge in [-0.15, -0.1) is 0 Å². The predicted molar refractivity (Wildman–Crippen MR) is 152 cm³/mol. The van der Waals surface area contributed by atoms with E-state index in [1.54, 1.807) is 62.6 Å². The second-order valence-corrected chi connectivity index (χ2v) is 8.87. The first-order chi connectivity index (χ1) is 19.2. The molecule has 2 aromatic carbocycles. The maximum Gasteiger partial charge on any atom is 0.416 e. The number of aryl methyl sites for hydroxylation is 2. The minimum absolute atomic E-state index is 0.0499. The Morgan fingerprint density at radius 3 is 2.48 bits per heavy atom. The van der Waals surface area contributed by atoms with Crippen molar-refractivity contribution >= 4 is 17.6 Å². The number of hydrogen-bond acceptors (Lipinski definition) is 7. The molecule has 1 amide bonds. The monoisotopic (exact) mass is 546 g/mol. The van der Waals surface area contributed by atoms with Gasteiger partial charge in [-0.05, 0) is 62.2 Å². The lowest BCUT2D eigenvalue weighted by Gasteiger charge is -2.21. The van der Waals surface area contributed by atoms with E-state index < -0.39 is 18.6 Å². The van der Waals surface area contributed by atoms with E-state index in [0.29, 0.717) is 41.7 Å². The van der Waals surface area contributed by atoms with Crippen LogP contribution in [0.15, 0.2) is 77.8 Å². The highest BCUT2D eigenvalue weighted by molar-refractivity contribution is 5.78. The van der Waals surface area contributed by atoms with Crippen molar-refractivity contribution in [2.45, 2.75) is 33.7 Å². The maximum atomic E-state index is 12.8. The average molecular weight is 547 g/mol. The smallest absolute Gasteiger partial charge is 0.416 e. The number of nitrogens with zero attached hydrogens (tertiary/aromatic N) is 2. The Hall–Kier alpha value is -4.79. The molecule has 3 rings (SSSR count). The molecule has 0 spiro atoms. The zero-order valence-electron chi connectivity index (χ0n) is 23.2. The number of allylic oxidation sites excluding steroid dienone is 5. The first kappa shape index (κ1) is 29.8. The fourth-order valence-corrected chi connectivity index (χ4v) is 3.84. The van der Waals surface area contributed by atoms with Crippen LogP contribution in [0.2, 0.25) is 0 Å². The van der Waals surface area contributed by atoms with Gasteiger partial charge in [-0.25, -0.2) is 9.78 Å². The van der Waals surface area contributed by atoms with Crippen LogP contribution in [0.4, 0.5) is 4.79 Å². The largest absolute Gasteiger partial charge is 0.497 e. The first-order valence-electron chi connectivity index (χ1n) is 12.7. The summed E-state index contributed by atoms with van der Waals surface area (Å²) in [5.41, 5.74) is 3.05. The van der Waals surface area contributed by atoms with Crippen LogP contribution in [-0.2, 0) is 17.8 Å². The third-order valence-corrected chi connectivity index (χ3v) is 5.85. The number of methoxy groups -OCH3 is 1. The fourth-order valence-electron chi connectivity index (χ4n) is 3.84. The van der Waals surface area contributed by atoms with Crippen molar-refractivity contribution in [1.82, 2.24) is 9.88 Å². The number of rotatable bonds is 13. The molecular weight excluding hydrogens is 512 g/mol. The van der Waals surface area contributed by atoms with E-state index >= 15 is 0 Å². The van der Waals surface area contributed by atoms with Crippen molar-refractivity contribution in [3.05, 3.63) is 102 Å². The summed E-state index contributed by atoms with van der Waals surface area (Å²) in [6.07, 6.45) is 7.13. The van der Waals surface area contributed by atoms with Gasteiger partial charge in [-0.2, -0.15) is 0 Å². The highest BCUT2D eigenvalue weighted by Gasteiger charge is 2.20. The summed E-state index contributed by atoms with van der Waals surface area (Å²) in [5, 5.41) is 9.33. The molecule has 9 heteroatoms. The molecule has 0 aliphatic carbocycles. The highest BCUT2D eigenvalue weighted by Crippen LogP contribution is 2.24. The minimum Gasteiger partial charge on any atom is -0.497 e. The summed E-state index contributed by atoms with van der Waals surface area (Å²) in [4.78, 5) is 29.9. The lowest BCUT2D eigenvalue weighted by molar-refractivity contribution is -0.138. The Kier molecular flexibility index (Phi) is 10.7. The van der Waals surface area contributed by atoms with Crippen LogP contribution < -0.4 is 14.2 Å². The number of benzene rings is 2. The van der Waals surface area contributed by atoms with Crippen LogP contribution in [0.5, 0.6) is 17.2 Å². The summed E-state index contributed by atoms with van der Waals surface area (Å²) < 4.78 is 22.3. The Balaban J connectivity index is 1.60. The van der Waals surface area contributed by atoms with Gasteiger partial charge in [0.05, 0.1) is 19.4 Å². The van der Waals surface area contributed by atoms with Gasteiger partial charge in [-0.1, -0.05) is 43.0 Å².